The Morgan fingerprint density at radius 2 is 1.75 bits per heavy atom. The molecule has 8 heteroatoms. The van der Waals surface area contributed by atoms with Crippen LogP contribution in [0.2, 0.25) is 0 Å². The van der Waals surface area contributed by atoms with Crippen LogP contribution < -0.4 is 5.32 Å². The molecule has 2 rings (SSSR count). The van der Waals surface area contributed by atoms with E-state index < -0.39 is 35.9 Å². The summed E-state index contributed by atoms with van der Waals surface area (Å²) in [6, 6.07) is 9.77. The summed E-state index contributed by atoms with van der Waals surface area (Å²) in [6.07, 6.45) is 0. The fourth-order valence-corrected chi connectivity index (χ4v) is 2.44. The van der Waals surface area contributed by atoms with Crippen LogP contribution in [0, 0.1) is 11.2 Å². The summed E-state index contributed by atoms with van der Waals surface area (Å²) in [4.78, 5) is 36.6. The van der Waals surface area contributed by atoms with Gasteiger partial charge in [0.1, 0.15) is 5.82 Å². The molecule has 148 valence electrons. The molecule has 0 aliphatic carbocycles. The molecule has 0 aliphatic rings. The first-order valence-electron chi connectivity index (χ1n) is 8.29. The SMILES string of the molecule is CC(C)(C)C(=O)OCOC(=O)c1ccc(Br)cc1C(=O)Nc1cccc(F)c1. The first-order chi connectivity index (χ1) is 13.1. The molecule has 0 unspecified atom stereocenters. The lowest BCUT2D eigenvalue weighted by Gasteiger charge is -2.16. The molecule has 0 radical (unpaired) electrons. The fraction of sp³-hybridized carbons (Fsp3) is 0.250. The number of hydrogen-bond acceptors (Lipinski definition) is 5. The molecule has 0 aliphatic heterocycles. The molecule has 0 heterocycles. The normalized spacial score (nSPS) is 10.9. The van der Waals surface area contributed by atoms with Crippen molar-refractivity contribution in [1.82, 2.24) is 0 Å². The summed E-state index contributed by atoms with van der Waals surface area (Å²) in [5.41, 5.74) is -0.502. The fourth-order valence-electron chi connectivity index (χ4n) is 2.08. The smallest absolute Gasteiger partial charge is 0.341 e. The van der Waals surface area contributed by atoms with Gasteiger partial charge in [-0.05, 0) is 57.2 Å². The third-order valence-electron chi connectivity index (χ3n) is 3.52. The number of carbonyl (C=O) groups excluding carboxylic acids is 3. The van der Waals surface area contributed by atoms with E-state index >= 15 is 0 Å². The van der Waals surface area contributed by atoms with Crippen LogP contribution in [0.5, 0.6) is 0 Å². The van der Waals surface area contributed by atoms with Crippen molar-refractivity contribution in [1.29, 1.82) is 0 Å². The lowest BCUT2D eigenvalue weighted by atomic mass is 9.98. The van der Waals surface area contributed by atoms with Gasteiger partial charge in [0.15, 0.2) is 0 Å². The summed E-state index contributed by atoms with van der Waals surface area (Å²) in [7, 11) is 0. The highest BCUT2D eigenvalue weighted by Crippen LogP contribution is 2.20. The van der Waals surface area contributed by atoms with Crippen molar-refractivity contribution in [3.8, 4) is 0 Å². The number of esters is 2. The van der Waals surface area contributed by atoms with Gasteiger partial charge in [0.05, 0.1) is 16.5 Å². The Morgan fingerprint density at radius 3 is 2.39 bits per heavy atom. The molecular formula is C20H19BrFNO5. The van der Waals surface area contributed by atoms with Crippen LogP contribution in [-0.4, -0.2) is 24.6 Å². The highest BCUT2D eigenvalue weighted by Gasteiger charge is 2.24. The Balaban J connectivity index is 2.13. The van der Waals surface area contributed by atoms with Gasteiger partial charge in [0.2, 0.25) is 6.79 Å². The van der Waals surface area contributed by atoms with E-state index in [2.05, 4.69) is 21.2 Å². The quantitative estimate of drug-likeness (QED) is 0.532. The van der Waals surface area contributed by atoms with Gasteiger partial charge in [-0.2, -0.15) is 0 Å². The van der Waals surface area contributed by atoms with E-state index in [0.29, 0.717) is 4.47 Å². The van der Waals surface area contributed by atoms with Crippen molar-refractivity contribution in [2.75, 3.05) is 12.1 Å². The molecule has 0 fully saturated rings. The zero-order valence-corrected chi connectivity index (χ0v) is 17.1. The Kier molecular flexibility index (Phi) is 6.90. The second-order valence-electron chi connectivity index (χ2n) is 6.89. The van der Waals surface area contributed by atoms with Crippen molar-refractivity contribution >= 4 is 39.5 Å². The topological polar surface area (TPSA) is 81.7 Å². The monoisotopic (exact) mass is 451 g/mol. The number of hydrogen-bond donors (Lipinski definition) is 1. The Morgan fingerprint density at radius 1 is 1.04 bits per heavy atom. The van der Waals surface area contributed by atoms with Crippen molar-refractivity contribution in [3.63, 3.8) is 0 Å². The third kappa shape index (κ3) is 5.88. The maximum absolute atomic E-state index is 13.3. The number of halogens is 2. The molecule has 0 saturated heterocycles. The minimum absolute atomic E-state index is 0.0192. The Hall–Kier alpha value is -2.74. The molecule has 6 nitrogen and oxygen atoms in total. The van der Waals surface area contributed by atoms with E-state index in [4.69, 9.17) is 9.47 Å². The number of carbonyl (C=O) groups is 3. The van der Waals surface area contributed by atoms with Crippen molar-refractivity contribution < 1.29 is 28.2 Å². The van der Waals surface area contributed by atoms with Gasteiger partial charge in [0.25, 0.3) is 5.91 Å². The van der Waals surface area contributed by atoms with E-state index in [0.717, 1.165) is 6.07 Å². The Bertz CT molecular complexity index is 908. The van der Waals surface area contributed by atoms with Gasteiger partial charge >= 0.3 is 11.9 Å². The van der Waals surface area contributed by atoms with Crippen LogP contribution in [-0.2, 0) is 14.3 Å². The van der Waals surface area contributed by atoms with Crippen LogP contribution in [0.25, 0.3) is 0 Å². The molecule has 0 aromatic heterocycles. The summed E-state index contributed by atoms with van der Waals surface area (Å²) >= 11 is 3.24. The largest absolute Gasteiger partial charge is 0.427 e. The zero-order valence-electron chi connectivity index (χ0n) is 15.5. The molecule has 1 amide bonds. The number of benzene rings is 2. The zero-order chi connectivity index (χ0) is 20.9. The van der Waals surface area contributed by atoms with Crippen LogP contribution in [0.3, 0.4) is 0 Å². The maximum atomic E-state index is 13.3. The van der Waals surface area contributed by atoms with Crippen molar-refractivity contribution in [2.24, 2.45) is 5.41 Å². The maximum Gasteiger partial charge on any atom is 0.341 e. The van der Waals surface area contributed by atoms with Crippen LogP contribution >= 0.6 is 15.9 Å². The van der Waals surface area contributed by atoms with Gasteiger partial charge in [-0.3, -0.25) is 9.59 Å². The molecule has 2 aromatic rings. The van der Waals surface area contributed by atoms with Gasteiger partial charge < -0.3 is 14.8 Å². The van der Waals surface area contributed by atoms with E-state index in [1.807, 2.05) is 0 Å². The average molecular weight is 452 g/mol. The first-order valence-corrected chi connectivity index (χ1v) is 9.08. The van der Waals surface area contributed by atoms with Crippen molar-refractivity contribution in [3.05, 3.63) is 63.9 Å². The van der Waals surface area contributed by atoms with Gasteiger partial charge in [0, 0.05) is 10.2 Å². The molecule has 0 atom stereocenters. The number of ether oxygens (including phenoxy) is 2. The first kappa shape index (κ1) is 21.6. The predicted octanol–water partition coefficient (Wildman–Crippen LogP) is 4.54. The Labute approximate surface area is 170 Å². The summed E-state index contributed by atoms with van der Waals surface area (Å²) in [6.45, 7) is 4.43. The standard InChI is InChI=1S/C20H19BrFNO5/c1-20(2,3)19(26)28-11-27-18(25)15-8-7-12(21)9-16(15)17(24)23-14-6-4-5-13(22)10-14/h4-10H,11H2,1-3H3,(H,23,24). The second-order valence-corrected chi connectivity index (χ2v) is 7.80. The summed E-state index contributed by atoms with van der Waals surface area (Å²) in [5, 5.41) is 2.52. The highest BCUT2D eigenvalue weighted by atomic mass is 79.9. The molecular weight excluding hydrogens is 433 g/mol. The number of rotatable bonds is 5. The third-order valence-corrected chi connectivity index (χ3v) is 4.01. The van der Waals surface area contributed by atoms with Gasteiger partial charge in [-0.1, -0.05) is 22.0 Å². The highest BCUT2D eigenvalue weighted by molar-refractivity contribution is 9.10. The molecule has 0 saturated carbocycles. The summed E-state index contributed by atoms with van der Waals surface area (Å²) in [5.74, 6) is -2.49. The molecule has 28 heavy (non-hydrogen) atoms. The second kappa shape index (κ2) is 8.97. The minimum atomic E-state index is -0.835. The van der Waals surface area contributed by atoms with E-state index in [1.54, 1.807) is 26.8 Å². The lowest BCUT2D eigenvalue weighted by molar-refractivity contribution is -0.161. The van der Waals surface area contributed by atoms with Crippen LogP contribution in [0.15, 0.2) is 46.9 Å². The molecule has 0 spiro atoms. The molecule has 2 aromatic carbocycles. The molecule has 0 bridgehead atoms. The molecule has 1 N–H and O–H groups in total. The van der Waals surface area contributed by atoms with E-state index in [1.165, 1.54) is 30.3 Å². The average Bonchev–Trinajstić information content (AvgIpc) is 2.60. The van der Waals surface area contributed by atoms with Crippen LogP contribution in [0.1, 0.15) is 41.5 Å². The number of nitrogens with one attached hydrogen (secondary N) is 1. The number of anilines is 1. The van der Waals surface area contributed by atoms with E-state index in [9.17, 15) is 18.8 Å². The summed E-state index contributed by atoms with van der Waals surface area (Å²) < 4.78 is 23.7. The minimum Gasteiger partial charge on any atom is -0.427 e. The van der Waals surface area contributed by atoms with Crippen molar-refractivity contribution in [2.45, 2.75) is 20.8 Å². The van der Waals surface area contributed by atoms with E-state index in [-0.39, 0.29) is 16.8 Å². The predicted molar refractivity (Wildman–Crippen MR) is 104 cm³/mol. The van der Waals surface area contributed by atoms with Crippen LogP contribution in [0.4, 0.5) is 10.1 Å². The number of amides is 1. The van der Waals surface area contributed by atoms with Gasteiger partial charge in [-0.15, -0.1) is 0 Å². The lowest BCUT2D eigenvalue weighted by Crippen LogP contribution is -2.25. The van der Waals surface area contributed by atoms with Gasteiger partial charge in [-0.25, -0.2) is 9.18 Å².